The zero-order valence-electron chi connectivity index (χ0n) is 10.00. The van der Waals surface area contributed by atoms with E-state index in [9.17, 15) is 0 Å². The number of rotatable bonds is 6. The summed E-state index contributed by atoms with van der Waals surface area (Å²) >= 11 is 0. The molecule has 0 bridgehead atoms. The van der Waals surface area contributed by atoms with Crippen LogP contribution in [-0.4, -0.2) is 0 Å². The van der Waals surface area contributed by atoms with Crippen LogP contribution in [0, 0.1) is 5.92 Å². The Morgan fingerprint density at radius 2 is 2.07 bits per heavy atom. The molecule has 1 heteroatoms. The highest BCUT2D eigenvalue weighted by Crippen LogP contribution is 2.16. The zero-order chi connectivity index (χ0) is 11.1. The third kappa shape index (κ3) is 4.87. The Labute approximate surface area is 93.7 Å². The molecule has 0 fully saturated rings. The quantitative estimate of drug-likeness (QED) is 0.697. The van der Waals surface area contributed by atoms with Gasteiger partial charge >= 0.3 is 0 Å². The van der Waals surface area contributed by atoms with Gasteiger partial charge < -0.3 is 5.73 Å². The lowest BCUT2D eigenvalue weighted by Crippen LogP contribution is -1.98. The third-order valence-corrected chi connectivity index (χ3v) is 2.93. The Bertz CT molecular complexity index is 280. The fourth-order valence-electron chi connectivity index (χ4n) is 1.86. The van der Waals surface area contributed by atoms with Crippen LogP contribution in [0.4, 0.5) is 5.69 Å². The predicted octanol–water partition coefficient (Wildman–Crippen LogP) is 4.03. The SMILES string of the molecule is CCCCC(C)CCc1cccc(N)c1. The van der Waals surface area contributed by atoms with Gasteiger partial charge in [0.05, 0.1) is 0 Å². The molecule has 0 aliphatic heterocycles. The summed E-state index contributed by atoms with van der Waals surface area (Å²) < 4.78 is 0. The highest BCUT2D eigenvalue weighted by Gasteiger charge is 2.02. The van der Waals surface area contributed by atoms with Crippen molar-refractivity contribution < 1.29 is 0 Å². The summed E-state index contributed by atoms with van der Waals surface area (Å²) in [5, 5.41) is 0. The molecule has 0 heterocycles. The third-order valence-electron chi connectivity index (χ3n) is 2.93. The van der Waals surface area contributed by atoms with Crippen molar-refractivity contribution in [3.8, 4) is 0 Å². The van der Waals surface area contributed by atoms with Gasteiger partial charge in [0.1, 0.15) is 0 Å². The topological polar surface area (TPSA) is 26.0 Å². The molecule has 0 amide bonds. The highest BCUT2D eigenvalue weighted by atomic mass is 14.5. The number of anilines is 1. The molecule has 2 N–H and O–H groups in total. The van der Waals surface area contributed by atoms with Gasteiger partial charge in [-0.2, -0.15) is 0 Å². The molecule has 0 aliphatic carbocycles. The molecule has 0 spiro atoms. The van der Waals surface area contributed by atoms with E-state index in [-0.39, 0.29) is 0 Å². The van der Waals surface area contributed by atoms with Gasteiger partial charge in [-0.1, -0.05) is 45.2 Å². The molecule has 15 heavy (non-hydrogen) atoms. The maximum absolute atomic E-state index is 5.75. The average Bonchev–Trinajstić information content (AvgIpc) is 2.23. The number of aryl methyl sites for hydroxylation is 1. The number of unbranched alkanes of at least 4 members (excludes halogenated alkanes) is 1. The van der Waals surface area contributed by atoms with Crippen molar-refractivity contribution in [1.82, 2.24) is 0 Å². The van der Waals surface area contributed by atoms with Crippen LogP contribution >= 0.6 is 0 Å². The molecule has 1 aromatic carbocycles. The summed E-state index contributed by atoms with van der Waals surface area (Å²) in [6, 6.07) is 8.25. The van der Waals surface area contributed by atoms with Crippen LogP contribution in [0.25, 0.3) is 0 Å². The minimum Gasteiger partial charge on any atom is -0.399 e. The molecular weight excluding hydrogens is 182 g/mol. The molecule has 0 aliphatic rings. The van der Waals surface area contributed by atoms with E-state index in [1.54, 1.807) is 0 Å². The van der Waals surface area contributed by atoms with Crippen LogP contribution in [-0.2, 0) is 6.42 Å². The Morgan fingerprint density at radius 3 is 2.73 bits per heavy atom. The van der Waals surface area contributed by atoms with Gasteiger partial charge in [-0.15, -0.1) is 0 Å². The van der Waals surface area contributed by atoms with Crippen molar-refractivity contribution in [2.45, 2.75) is 46.0 Å². The second-order valence-corrected chi connectivity index (χ2v) is 4.53. The maximum atomic E-state index is 5.75. The molecule has 1 nitrogen and oxygen atoms in total. The van der Waals surface area contributed by atoms with Gasteiger partial charge in [0, 0.05) is 5.69 Å². The number of benzene rings is 1. The minimum absolute atomic E-state index is 0.839. The first kappa shape index (κ1) is 12.1. The van der Waals surface area contributed by atoms with Crippen LogP contribution in [0.5, 0.6) is 0 Å². The van der Waals surface area contributed by atoms with Crippen molar-refractivity contribution >= 4 is 5.69 Å². The molecule has 0 radical (unpaired) electrons. The predicted molar refractivity (Wildman–Crippen MR) is 67.9 cm³/mol. The van der Waals surface area contributed by atoms with Crippen molar-refractivity contribution in [2.24, 2.45) is 5.92 Å². The van der Waals surface area contributed by atoms with E-state index in [4.69, 9.17) is 5.73 Å². The summed E-state index contributed by atoms with van der Waals surface area (Å²) in [5.74, 6) is 0.839. The van der Waals surface area contributed by atoms with Crippen molar-refractivity contribution in [2.75, 3.05) is 5.73 Å². The first-order chi connectivity index (χ1) is 7.22. The Balaban J connectivity index is 2.30. The van der Waals surface area contributed by atoms with Crippen LogP contribution in [0.3, 0.4) is 0 Å². The lowest BCUT2D eigenvalue weighted by molar-refractivity contribution is 0.472. The minimum atomic E-state index is 0.839. The molecule has 1 rings (SSSR count). The van der Waals surface area contributed by atoms with Gasteiger partial charge in [-0.05, 0) is 36.5 Å². The summed E-state index contributed by atoms with van der Waals surface area (Å²) in [5.41, 5.74) is 8.00. The summed E-state index contributed by atoms with van der Waals surface area (Å²) in [6.07, 6.45) is 6.47. The zero-order valence-corrected chi connectivity index (χ0v) is 10.00. The number of nitrogens with two attached hydrogens (primary N) is 1. The van der Waals surface area contributed by atoms with Gasteiger partial charge in [0.15, 0.2) is 0 Å². The van der Waals surface area contributed by atoms with Gasteiger partial charge in [-0.3, -0.25) is 0 Å². The van der Waals surface area contributed by atoms with Crippen LogP contribution in [0.1, 0.15) is 45.1 Å². The molecule has 1 atom stereocenters. The summed E-state index contributed by atoms with van der Waals surface area (Å²) in [6.45, 7) is 4.60. The smallest absolute Gasteiger partial charge is 0.0316 e. The van der Waals surface area contributed by atoms with Crippen LogP contribution in [0.15, 0.2) is 24.3 Å². The molecule has 84 valence electrons. The lowest BCUT2D eigenvalue weighted by Gasteiger charge is -2.10. The van der Waals surface area contributed by atoms with E-state index in [0.717, 1.165) is 18.0 Å². The fraction of sp³-hybridized carbons (Fsp3) is 0.571. The Morgan fingerprint density at radius 1 is 1.27 bits per heavy atom. The van der Waals surface area contributed by atoms with Crippen LogP contribution < -0.4 is 5.73 Å². The fourth-order valence-corrected chi connectivity index (χ4v) is 1.86. The maximum Gasteiger partial charge on any atom is 0.0316 e. The Kier molecular flexibility index (Phi) is 5.23. The van der Waals surface area contributed by atoms with E-state index in [2.05, 4.69) is 26.0 Å². The van der Waals surface area contributed by atoms with E-state index < -0.39 is 0 Å². The first-order valence-corrected chi connectivity index (χ1v) is 6.06. The van der Waals surface area contributed by atoms with Gasteiger partial charge in [0.25, 0.3) is 0 Å². The highest BCUT2D eigenvalue weighted by molar-refractivity contribution is 5.40. The number of hydrogen-bond donors (Lipinski definition) is 1. The van der Waals surface area contributed by atoms with E-state index >= 15 is 0 Å². The van der Waals surface area contributed by atoms with E-state index in [1.165, 1.54) is 31.2 Å². The van der Waals surface area contributed by atoms with E-state index in [0.29, 0.717) is 0 Å². The van der Waals surface area contributed by atoms with Gasteiger partial charge in [-0.25, -0.2) is 0 Å². The second kappa shape index (κ2) is 6.49. The number of hydrogen-bond acceptors (Lipinski definition) is 1. The van der Waals surface area contributed by atoms with Crippen molar-refractivity contribution in [1.29, 1.82) is 0 Å². The number of nitrogen functional groups attached to an aromatic ring is 1. The molecule has 0 saturated heterocycles. The van der Waals surface area contributed by atoms with Crippen molar-refractivity contribution in [3.05, 3.63) is 29.8 Å². The molecule has 0 saturated carbocycles. The normalized spacial score (nSPS) is 12.7. The lowest BCUT2D eigenvalue weighted by atomic mass is 9.96. The average molecular weight is 205 g/mol. The standard InChI is InChI=1S/C14H23N/c1-3-4-6-12(2)9-10-13-7-5-8-14(15)11-13/h5,7-8,11-12H,3-4,6,9-10,15H2,1-2H3. The molecule has 0 aromatic heterocycles. The van der Waals surface area contributed by atoms with Crippen LogP contribution in [0.2, 0.25) is 0 Å². The first-order valence-electron chi connectivity index (χ1n) is 6.06. The summed E-state index contributed by atoms with van der Waals surface area (Å²) in [4.78, 5) is 0. The monoisotopic (exact) mass is 205 g/mol. The molecule has 1 unspecified atom stereocenters. The second-order valence-electron chi connectivity index (χ2n) is 4.53. The largest absolute Gasteiger partial charge is 0.399 e. The van der Waals surface area contributed by atoms with Crippen molar-refractivity contribution in [3.63, 3.8) is 0 Å². The molecule has 1 aromatic rings. The Hall–Kier alpha value is -0.980. The molecular formula is C14H23N. The summed E-state index contributed by atoms with van der Waals surface area (Å²) in [7, 11) is 0. The van der Waals surface area contributed by atoms with E-state index in [1.807, 2.05) is 12.1 Å². The van der Waals surface area contributed by atoms with Gasteiger partial charge in [0.2, 0.25) is 0 Å².